The molecule has 3 fully saturated rings. The van der Waals surface area contributed by atoms with Crippen LogP contribution in [0.5, 0.6) is 0 Å². The molecule has 130 valence electrons. The van der Waals surface area contributed by atoms with Crippen molar-refractivity contribution in [2.45, 2.75) is 64.9 Å². The standard InChI is InChI=1S/C20H32O3/c1-18(12-22)6-3-7-19(2)15-5-4-13-9-20(15,10-14(13)11-21)17(23)8-16(18)19/h10,13,15-17,21-23H,3-9,11-12H2,1-2H3/t13-,15+,16-,17+,18-,19+,20+/m1/s1. The van der Waals surface area contributed by atoms with Gasteiger partial charge in [-0.2, -0.15) is 0 Å². The normalized spacial score (nSPS) is 55.1. The molecular formula is C20H32O3. The molecule has 0 aliphatic heterocycles. The Kier molecular flexibility index (Phi) is 3.54. The second kappa shape index (κ2) is 5.06. The second-order valence-electron chi connectivity index (χ2n) is 9.50. The largest absolute Gasteiger partial charge is 0.396 e. The lowest BCUT2D eigenvalue weighted by atomic mass is 9.40. The van der Waals surface area contributed by atoms with E-state index in [1.54, 1.807) is 0 Å². The Hall–Kier alpha value is -0.380. The first-order valence-corrected chi connectivity index (χ1v) is 9.51. The van der Waals surface area contributed by atoms with Gasteiger partial charge in [-0.25, -0.2) is 0 Å². The molecule has 0 radical (unpaired) electrons. The van der Waals surface area contributed by atoms with E-state index in [1.165, 1.54) is 18.4 Å². The summed E-state index contributed by atoms with van der Waals surface area (Å²) < 4.78 is 0. The van der Waals surface area contributed by atoms with Gasteiger partial charge >= 0.3 is 0 Å². The molecule has 0 aromatic rings. The van der Waals surface area contributed by atoms with Gasteiger partial charge in [0.15, 0.2) is 0 Å². The van der Waals surface area contributed by atoms with E-state index in [4.69, 9.17) is 0 Å². The summed E-state index contributed by atoms with van der Waals surface area (Å²) in [6, 6.07) is 0. The van der Waals surface area contributed by atoms with E-state index in [2.05, 4.69) is 19.9 Å². The Morgan fingerprint density at radius 2 is 1.91 bits per heavy atom. The molecule has 3 heteroatoms. The van der Waals surface area contributed by atoms with E-state index in [9.17, 15) is 15.3 Å². The van der Waals surface area contributed by atoms with Crippen LogP contribution >= 0.6 is 0 Å². The van der Waals surface area contributed by atoms with Crippen LogP contribution in [0.3, 0.4) is 0 Å². The number of hydrogen-bond donors (Lipinski definition) is 3. The van der Waals surface area contributed by atoms with E-state index in [0.717, 1.165) is 32.1 Å². The Morgan fingerprint density at radius 3 is 2.61 bits per heavy atom. The maximum atomic E-state index is 11.2. The molecule has 3 saturated carbocycles. The van der Waals surface area contributed by atoms with Crippen molar-refractivity contribution in [2.24, 2.45) is 34.0 Å². The highest BCUT2D eigenvalue weighted by Crippen LogP contribution is 2.70. The minimum absolute atomic E-state index is 0.0471. The Bertz CT molecular complexity index is 529. The van der Waals surface area contributed by atoms with E-state index in [1.807, 2.05) is 0 Å². The zero-order valence-corrected chi connectivity index (χ0v) is 14.6. The van der Waals surface area contributed by atoms with Gasteiger partial charge in [-0.15, -0.1) is 0 Å². The molecule has 23 heavy (non-hydrogen) atoms. The molecule has 4 rings (SSSR count). The van der Waals surface area contributed by atoms with Crippen molar-refractivity contribution in [3.63, 3.8) is 0 Å². The lowest BCUT2D eigenvalue weighted by Crippen LogP contribution is -2.61. The Labute approximate surface area is 139 Å². The predicted molar refractivity (Wildman–Crippen MR) is 89.7 cm³/mol. The highest BCUT2D eigenvalue weighted by Gasteiger charge is 2.65. The molecule has 0 aromatic carbocycles. The quantitative estimate of drug-likeness (QED) is 0.686. The van der Waals surface area contributed by atoms with E-state index in [0.29, 0.717) is 17.8 Å². The highest BCUT2D eigenvalue weighted by molar-refractivity contribution is 5.30. The average Bonchev–Trinajstić information content (AvgIpc) is 2.82. The van der Waals surface area contributed by atoms with Gasteiger partial charge in [-0.05, 0) is 72.7 Å². The minimum Gasteiger partial charge on any atom is -0.396 e. The molecule has 1 spiro atoms. The van der Waals surface area contributed by atoms with Crippen molar-refractivity contribution in [2.75, 3.05) is 13.2 Å². The third-order valence-electron chi connectivity index (χ3n) is 8.55. The summed E-state index contributed by atoms with van der Waals surface area (Å²) in [6.45, 7) is 5.06. The van der Waals surface area contributed by atoms with Crippen LogP contribution in [0.1, 0.15) is 58.8 Å². The maximum absolute atomic E-state index is 11.2. The monoisotopic (exact) mass is 320 g/mol. The van der Waals surface area contributed by atoms with Crippen LogP contribution in [0.4, 0.5) is 0 Å². The molecule has 7 atom stereocenters. The van der Waals surface area contributed by atoms with Crippen molar-refractivity contribution in [3.8, 4) is 0 Å². The van der Waals surface area contributed by atoms with Crippen molar-refractivity contribution in [3.05, 3.63) is 11.6 Å². The molecule has 0 saturated heterocycles. The Balaban J connectivity index is 1.78. The summed E-state index contributed by atoms with van der Waals surface area (Å²) in [6.07, 6.45) is 9.62. The van der Waals surface area contributed by atoms with Crippen molar-refractivity contribution >= 4 is 0 Å². The second-order valence-corrected chi connectivity index (χ2v) is 9.50. The molecule has 3 nitrogen and oxygen atoms in total. The van der Waals surface area contributed by atoms with Gasteiger partial charge in [0.1, 0.15) is 0 Å². The number of aliphatic hydroxyl groups is 3. The van der Waals surface area contributed by atoms with Crippen LogP contribution < -0.4 is 0 Å². The fourth-order valence-electron chi connectivity index (χ4n) is 7.45. The fraction of sp³-hybridized carbons (Fsp3) is 0.900. The van der Waals surface area contributed by atoms with Gasteiger partial charge in [0, 0.05) is 12.0 Å². The molecule has 4 aliphatic carbocycles. The van der Waals surface area contributed by atoms with Crippen molar-refractivity contribution < 1.29 is 15.3 Å². The first-order chi connectivity index (χ1) is 10.9. The third kappa shape index (κ3) is 1.93. The summed E-state index contributed by atoms with van der Waals surface area (Å²) in [4.78, 5) is 0. The van der Waals surface area contributed by atoms with Gasteiger partial charge < -0.3 is 15.3 Å². The third-order valence-corrected chi connectivity index (χ3v) is 8.55. The fourth-order valence-corrected chi connectivity index (χ4v) is 7.45. The van der Waals surface area contributed by atoms with E-state index in [-0.39, 0.29) is 35.6 Å². The molecular weight excluding hydrogens is 288 g/mol. The smallest absolute Gasteiger partial charge is 0.0644 e. The average molecular weight is 320 g/mol. The summed E-state index contributed by atoms with van der Waals surface area (Å²) in [5.41, 5.74) is 1.23. The lowest BCUT2D eigenvalue weighted by Gasteiger charge is -2.65. The van der Waals surface area contributed by atoms with E-state index >= 15 is 0 Å². The molecule has 0 unspecified atom stereocenters. The zero-order chi connectivity index (χ0) is 16.5. The summed E-state index contributed by atoms with van der Waals surface area (Å²) in [5, 5.41) is 31.0. The molecule has 2 bridgehead atoms. The van der Waals surface area contributed by atoms with Gasteiger partial charge in [0.2, 0.25) is 0 Å². The zero-order valence-electron chi connectivity index (χ0n) is 14.6. The predicted octanol–water partition coefficient (Wildman–Crippen LogP) is 2.89. The number of fused-ring (bicyclic) bond motifs is 3. The minimum atomic E-state index is -0.318. The molecule has 3 N–H and O–H groups in total. The molecule has 0 aromatic heterocycles. The van der Waals surface area contributed by atoms with E-state index < -0.39 is 0 Å². The van der Waals surface area contributed by atoms with Crippen LogP contribution in [-0.2, 0) is 0 Å². The SMILES string of the molecule is C[C@]1(CO)CCC[C@]2(C)[C@@H]1C[C@H](O)[C@@]13C=C(CO)[C@H](CC[C@@H]21)C3. The van der Waals surface area contributed by atoms with Crippen LogP contribution in [0.25, 0.3) is 0 Å². The Morgan fingerprint density at radius 1 is 1.13 bits per heavy atom. The van der Waals surface area contributed by atoms with Gasteiger partial charge in [-0.1, -0.05) is 26.3 Å². The maximum Gasteiger partial charge on any atom is 0.0644 e. The van der Waals surface area contributed by atoms with Gasteiger partial charge in [0.05, 0.1) is 12.7 Å². The summed E-state index contributed by atoms with van der Waals surface area (Å²) in [7, 11) is 0. The van der Waals surface area contributed by atoms with Gasteiger partial charge in [0.25, 0.3) is 0 Å². The van der Waals surface area contributed by atoms with Crippen molar-refractivity contribution in [1.82, 2.24) is 0 Å². The summed E-state index contributed by atoms with van der Waals surface area (Å²) in [5.74, 6) is 1.39. The number of hydrogen-bond acceptors (Lipinski definition) is 3. The number of rotatable bonds is 2. The first-order valence-electron chi connectivity index (χ1n) is 9.51. The topological polar surface area (TPSA) is 60.7 Å². The first kappa shape index (κ1) is 16.1. The van der Waals surface area contributed by atoms with Crippen LogP contribution in [0, 0.1) is 34.0 Å². The molecule has 4 aliphatic rings. The highest BCUT2D eigenvalue weighted by atomic mass is 16.3. The van der Waals surface area contributed by atoms with Gasteiger partial charge in [-0.3, -0.25) is 0 Å². The van der Waals surface area contributed by atoms with Crippen LogP contribution in [0.2, 0.25) is 0 Å². The van der Waals surface area contributed by atoms with Crippen LogP contribution in [0.15, 0.2) is 11.6 Å². The molecule has 0 amide bonds. The lowest BCUT2D eigenvalue weighted by molar-refractivity contribution is -0.193. The number of aliphatic hydroxyl groups excluding tert-OH is 3. The van der Waals surface area contributed by atoms with Crippen LogP contribution in [-0.4, -0.2) is 34.6 Å². The summed E-state index contributed by atoms with van der Waals surface area (Å²) >= 11 is 0. The molecule has 0 heterocycles. The van der Waals surface area contributed by atoms with Crippen molar-refractivity contribution in [1.29, 1.82) is 0 Å².